The molecule has 0 unspecified atom stereocenters. The summed E-state index contributed by atoms with van der Waals surface area (Å²) in [6.07, 6.45) is -0.298. The number of halogens is 1. The van der Waals surface area contributed by atoms with Gasteiger partial charge in [-0.1, -0.05) is 6.07 Å². The Morgan fingerprint density at radius 2 is 2.25 bits per heavy atom. The minimum Gasteiger partial charge on any atom is -0.390 e. The average Bonchev–Trinajstić information content (AvgIpc) is 2.18. The first-order chi connectivity index (χ1) is 7.56. The summed E-state index contributed by atoms with van der Waals surface area (Å²) in [7, 11) is 0. The molecule has 0 atom stereocenters. The van der Waals surface area contributed by atoms with Crippen molar-refractivity contribution in [3.05, 3.63) is 35.1 Å². The predicted molar refractivity (Wildman–Crippen MR) is 56.2 cm³/mol. The number of rotatable bonds is 3. The second-order valence-corrected chi connectivity index (χ2v) is 4.02. The van der Waals surface area contributed by atoms with E-state index >= 15 is 0 Å². The number of aliphatic hydroxyl groups is 1. The highest BCUT2D eigenvalue weighted by atomic mass is 19.1. The van der Waals surface area contributed by atoms with Crippen LogP contribution in [0.5, 0.6) is 0 Å². The van der Waals surface area contributed by atoms with Crippen molar-refractivity contribution >= 4 is 5.91 Å². The molecule has 3 N–H and O–H groups in total. The van der Waals surface area contributed by atoms with Crippen LogP contribution in [0.15, 0.2) is 18.2 Å². The molecule has 0 aromatic heterocycles. The SMILES string of the molecule is NC(=O)c1ccc(CN2CC(O)C2)c(F)c1. The number of carbonyl (C=O) groups is 1. The third-order valence-corrected chi connectivity index (χ3v) is 2.67. The zero-order chi connectivity index (χ0) is 11.7. The normalized spacial score (nSPS) is 17.1. The molecule has 0 aliphatic carbocycles. The number of primary amides is 1. The Hall–Kier alpha value is -1.46. The largest absolute Gasteiger partial charge is 0.390 e. The number of benzene rings is 1. The van der Waals surface area contributed by atoms with E-state index in [2.05, 4.69) is 0 Å². The second-order valence-electron chi connectivity index (χ2n) is 4.02. The standard InChI is InChI=1S/C11H13FN2O2/c12-10-3-7(11(13)16)1-2-8(10)4-14-5-9(15)6-14/h1-3,9,15H,4-6H2,(H2,13,16). The van der Waals surface area contributed by atoms with Gasteiger partial charge >= 0.3 is 0 Å². The zero-order valence-corrected chi connectivity index (χ0v) is 8.69. The Kier molecular flexibility index (Phi) is 2.89. The van der Waals surface area contributed by atoms with Gasteiger partial charge in [0.05, 0.1) is 6.10 Å². The van der Waals surface area contributed by atoms with Crippen molar-refractivity contribution in [2.24, 2.45) is 5.73 Å². The van der Waals surface area contributed by atoms with Crippen molar-refractivity contribution in [1.29, 1.82) is 0 Å². The molecule has 1 aliphatic rings. The van der Waals surface area contributed by atoms with Gasteiger partial charge in [-0.05, 0) is 12.1 Å². The molecule has 1 aromatic rings. The summed E-state index contributed by atoms with van der Waals surface area (Å²) in [6.45, 7) is 1.58. The van der Waals surface area contributed by atoms with Gasteiger partial charge in [0.2, 0.25) is 5.91 Å². The molecule has 1 saturated heterocycles. The Labute approximate surface area is 92.5 Å². The van der Waals surface area contributed by atoms with E-state index in [1.807, 2.05) is 4.90 Å². The lowest BCUT2D eigenvalue weighted by Gasteiger charge is -2.35. The molecule has 4 nitrogen and oxygen atoms in total. The van der Waals surface area contributed by atoms with Crippen molar-refractivity contribution in [2.45, 2.75) is 12.6 Å². The number of β-amino-alcohol motifs (C(OH)–C–C–N with tert-alkyl or cyclic N) is 1. The smallest absolute Gasteiger partial charge is 0.248 e. The molecule has 5 heteroatoms. The molecule has 1 amide bonds. The summed E-state index contributed by atoms with van der Waals surface area (Å²) >= 11 is 0. The highest BCUT2D eigenvalue weighted by Gasteiger charge is 2.24. The maximum Gasteiger partial charge on any atom is 0.248 e. The molecular weight excluding hydrogens is 211 g/mol. The molecule has 0 saturated carbocycles. The summed E-state index contributed by atoms with van der Waals surface area (Å²) in [5.74, 6) is -1.07. The van der Waals surface area contributed by atoms with Gasteiger partial charge in [0.25, 0.3) is 0 Å². The minimum absolute atomic E-state index is 0.171. The lowest BCUT2D eigenvalue weighted by Crippen LogP contribution is -2.49. The van der Waals surface area contributed by atoms with Crippen LogP contribution in [0.4, 0.5) is 4.39 Å². The van der Waals surface area contributed by atoms with Crippen LogP contribution in [-0.4, -0.2) is 35.1 Å². The number of carbonyl (C=O) groups excluding carboxylic acids is 1. The monoisotopic (exact) mass is 224 g/mol. The minimum atomic E-state index is -0.634. The summed E-state index contributed by atoms with van der Waals surface area (Å²) in [4.78, 5) is 12.7. The second kappa shape index (κ2) is 4.19. The number of nitrogens with two attached hydrogens (primary N) is 1. The van der Waals surface area contributed by atoms with Gasteiger partial charge in [0, 0.05) is 30.8 Å². The van der Waals surface area contributed by atoms with Crippen LogP contribution < -0.4 is 5.73 Å². The number of hydrogen-bond donors (Lipinski definition) is 2. The maximum absolute atomic E-state index is 13.5. The lowest BCUT2D eigenvalue weighted by molar-refractivity contribution is -0.00342. The molecule has 1 aliphatic heterocycles. The molecular formula is C11H13FN2O2. The van der Waals surface area contributed by atoms with Crippen LogP contribution >= 0.6 is 0 Å². The topological polar surface area (TPSA) is 66.6 Å². The maximum atomic E-state index is 13.5. The van der Waals surface area contributed by atoms with Crippen molar-refractivity contribution in [3.8, 4) is 0 Å². The first kappa shape index (κ1) is 11.0. The molecule has 86 valence electrons. The average molecular weight is 224 g/mol. The Morgan fingerprint density at radius 3 is 2.75 bits per heavy atom. The highest BCUT2D eigenvalue weighted by molar-refractivity contribution is 5.92. The highest BCUT2D eigenvalue weighted by Crippen LogP contribution is 2.16. The van der Waals surface area contributed by atoms with Gasteiger partial charge in [0.1, 0.15) is 5.82 Å². The predicted octanol–water partition coefficient (Wildman–Crippen LogP) is 0.101. The van der Waals surface area contributed by atoms with Gasteiger partial charge in [-0.2, -0.15) is 0 Å². The summed E-state index contributed by atoms with van der Waals surface area (Å²) in [6, 6.07) is 4.21. The molecule has 0 radical (unpaired) electrons. The molecule has 0 bridgehead atoms. The van der Waals surface area contributed by atoms with E-state index in [1.165, 1.54) is 6.07 Å². The van der Waals surface area contributed by atoms with Crippen molar-refractivity contribution in [1.82, 2.24) is 4.90 Å². The van der Waals surface area contributed by atoms with Crippen molar-refractivity contribution < 1.29 is 14.3 Å². The van der Waals surface area contributed by atoms with Crippen LogP contribution in [0.1, 0.15) is 15.9 Å². The summed E-state index contributed by atoms with van der Waals surface area (Å²) in [5, 5.41) is 9.09. The fourth-order valence-corrected chi connectivity index (χ4v) is 1.74. The third kappa shape index (κ3) is 2.20. The van der Waals surface area contributed by atoms with Gasteiger partial charge in [0.15, 0.2) is 0 Å². The Bertz CT molecular complexity index is 416. The Balaban J connectivity index is 2.07. The van der Waals surface area contributed by atoms with Crippen LogP contribution in [0.25, 0.3) is 0 Å². The first-order valence-corrected chi connectivity index (χ1v) is 5.05. The van der Waals surface area contributed by atoms with Gasteiger partial charge < -0.3 is 10.8 Å². The van der Waals surface area contributed by atoms with Gasteiger partial charge in [-0.15, -0.1) is 0 Å². The summed E-state index contributed by atoms with van der Waals surface area (Å²) < 4.78 is 13.5. The van der Waals surface area contributed by atoms with E-state index in [0.29, 0.717) is 25.2 Å². The van der Waals surface area contributed by atoms with E-state index in [1.54, 1.807) is 6.07 Å². The number of aliphatic hydroxyl groups excluding tert-OH is 1. The number of hydrogen-bond acceptors (Lipinski definition) is 3. The fraction of sp³-hybridized carbons (Fsp3) is 0.364. The molecule has 1 aromatic carbocycles. The summed E-state index contributed by atoms with van der Waals surface area (Å²) in [5.41, 5.74) is 5.72. The van der Waals surface area contributed by atoms with Crippen LogP contribution in [0, 0.1) is 5.82 Å². The molecule has 16 heavy (non-hydrogen) atoms. The molecule has 1 heterocycles. The lowest BCUT2D eigenvalue weighted by atomic mass is 10.1. The van der Waals surface area contributed by atoms with E-state index in [4.69, 9.17) is 10.8 Å². The number of nitrogens with zero attached hydrogens (tertiary/aromatic N) is 1. The van der Waals surface area contributed by atoms with E-state index < -0.39 is 11.7 Å². The third-order valence-electron chi connectivity index (χ3n) is 2.67. The van der Waals surface area contributed by atoms with Crippen LogP contribution in [-0.2, 0) is 6.54 Å². The molecule has 2 rings (SSSR count). The Morgan fingerprint density at radius 1 is 1.56 bits per heavy atom. The van der Waals surface area contributed by atoms with Crippen LogP contribution in [0.3, 0.4) is 0 Å². The molecule has 1 fully saturated rings. The molecule has 0 spiro atoms. The number of likely N-dealkylation sites (tertiary alicyclic amines) is 1. The van der Waals surface area contributed by atoms with E-state index in [9.17, 15) is 9.18 Å². The van der Waals surface area contributed by atoms with Gasteiger partial charge in [-0.25, -0.2) is 4.39 Å². The van der Waals surface area contributed by atoms with E-state index in [-0.39, 0.29) is 11.7 Å². The zero-order valence-electron chi connectivity index (χ0n) is 8.69. The van der Waals surface area contributed by atoms with Crippen LogP contribution in [0.2, 0.25) is 0 Å². The van der Waals surface area contributed by atoms with Gasteiger partial charge in [-0.3, -0.25) is 9.69 Å². The quantitative estimate of drug-likeness (QED) is 0.765. The fourth-order valence-electron chi connectivity index (χ4n) is 1.74. The van der Waals surface area contributed by atoms with Crippen molar-refractivity contribution in [2.75, 3.05) is 13.1 Å². The number of amides is 1. The van der Waals surface area contributed by atoms with Crippen molar-refractivity contribution in [3.63, 3.8) is 0 Å². The first-order valence-electron chi connectivity index (χ1n) is 5.05. The van der Waals surface area contributed by atoms with E-state index in [0.717, 1.165) is 6.07 Å².